The van der Waals surface area contributed by atoms with Gasteiger partial charge in [-0.15, -0.1) is 11.3 Å². The van der Waals surface area contributed by atoms with E-state index in [1.165, 1.54) is 0 Å². The molecular formula is C12H15BrN2OS. The van der Waals surface area contributed by atoms with Crippen LogP contribution in [0.3, 0.4) is 0 Å². The number of hydrogen-bond acceptors (Lipinski definition) is 3. The first kappa shape index (κ1) is 12.8. The Labute approximate surface area is 113 Å². The molecule has 1 unspecified atom stereocenters. The zero-order valence-corrected chi connectivity index (χ0v) is 12.3. The Bertz CT molecular complexity index is 506. The van der Waals surface area contributed by atoms with Gasteiger partial charge in [0, 0.05) is 24.0 Å². The van der Waals surface area contributed by atoms with E-state index in [1.807, 2.05) is 23.9 Å². The summed E-state index contributed by atoms with van der Waals surface area (Å²) in [4.78, 5) is 0.983. The highest BCUT2D eigenvalue weighted by Gasteiger charge is 2.14. The van der Waals surface area contributed by atoms with Crippen molar-refractivity contribution < 1.29 is 5.11 Å². The lowest BCUT2D eigenvalue weighted by molar-refractivity contribution is 0.179. The zero-order chi connectivity index (χ0) is 12.4. The summed E-state index contributed by atoms with van der Waals surface area (Å²) < 4.78 is 2.90. The highest BCUT2D eigenvalue weighted by Crippen LogP contribution is 2.29. The van der Waals surface area contributed by atoms with Crippen LogP contribution in [-0.2, 0) is 19.9 Å². The second kappa shape index (κ2) is 5.33. The Kier molecular flexibility index (Phi) is 4.01. The van der Waals surface area contributed by atoms with Gasteiger partial charge in [0.15, 0.2) is 0 Å². The van der Waals surface area contributed by atoms with Crippen LogP contribution in [0.4, 0.5) is 0 Å². The number of rotatable bonds is 4. The lowest BCUT2D eigenvalue weighted by atomic mass is 10.1. The summed E-state index contributed by atoms with van der Waals surface area (Å²) in [6, 6.07) is 5.98. The monoisotopic (exact) mass is 314 g/mol. The SMILES string of the molecule is CCc1cc(CC(O)c2ccc(Br)s2)n(C)n1. The fourth-order valence-electron chi connectivity index (χ4n) is 1.74. The van der Waals surface area contributed by atoms with Gasteiger partial charge in [0.2, 0.25) is 0 Å². The lowest BCUT2D eigenvalue weighted by Crippen LogP contribution is -2.05. The Morgan fingerprint density at radius 2 is 2.29 bits per heavy atom. The van der Waals surface area contributed by atoms with Crippen LogP contribution < -0.4 is 0 Å². The molecule has 0 spiro atoms. The van der Waals surface area contributed by atoms with Gasteiger partial charge in [0.1, 0.15) is 0 Å². The first-order valence-corrected chi connectivity index (χ1v) is 7.16. The average Bonchev–Trinajstić information content (AvgIpc) is 2.86. The van der Waals surface area contributed by atoms with Crippen molar-refractivity contribution in [2.75, 3.05) is 0 Å². The second-order valence-corrected chi connectivity index (χ2v) is 6.46. The fraction of sp³-hybridized carbons (Fsp3) is 0.417. The molecule has 0 aliphatic carbocycles. The molecule has 5 heteroatoms. The molecule has 2 rings (SSSR count). The van der Waals surface area contributed by atoms with Crippen molar-refractivity contribution in [3.05, 3.63) is 38.3 Å². The zero-order valence-electron chi connectivity index (χ0n) is 9.85. The number of hydrogen-bond donors (Lipinski definition) is 1. The number of halogens is 1. The quantitative estimate of drug-likeness (QED) is 0.941. The standard InChI is InChI=1S/C12H15BrN2OS/c1-3-8-6-9(15(2)14-8)7-10(16)11-4-5-12(13)17-11/h4-6,10,16H,3,7H2,1-2H3. The number of thiophene rings is 1. The summed E-state index contributed by atoms with van der Waals surface area (Å²) >= 11 is 4.98. The van der Waals surface area contributed by atoms with E-state index in [0.29, 0.717) is 6.42 Å². The van der Waals surface area contributed by atoms with Crippen molar-refractivity contribution in [1.29, 1.82) is 0 Å². The number of aromatic nitrogens is 2. The van der Waals surface area contributed by atoms with E-state index in [0.717, 1.165) is 26.5 Å². The van der Waals surface area contributed by atoms with E-state index in [-0.39, 0.29) is 0 Å². The van der Waals surface area contributed by atoms with Crippen LogP contribution in [-0.4, -0.2) is 14.9 Å². The summed E-state index contributed by atoms with van der Waals surface area (Å²) in [6.07, 6.45) is 1.08. The van der Waals surface area contributed by atoms with E-state index in [1.54, 1.807) is 11.3 Å². The van der Waals surface area contributed by atoms with Crippen molar-refractivity contribution in [3.8, 4) is 0 Å². The molecule has 17 heavy (non-hydrogen) atoms. The predicted molar refractivity (Wildman–Crippen MR) is 73.3 cm³/mol. The largest absolute Gasteiger partial charge is 0.387 e. The van der Waals surface area contributed by atoms with E-state index < -0.39 is 6.10 Å². The van der Waals surface area contributed by atoms with E-state index in [4.69, 9.17) is 0 Å². The Balaban J connectivity index is 2.12. The van der Waals surface area contributed by atoms with Crippen LogP contribution in [0.25, 0.3) is 0 Å². The van der Waals surface area contributed by atoms with Crippen molar-refractivity contribution in [2.45, 2.75) is 25.9 Å². The summed E-state index contributed by atoms with van der Waals surface area (Å²) in [5.74, 6) is 0. The van der Waals surface area contributed by atoms with Crippen molar-refractivity contribution in [2.24, 2.45) is 7.05 Å². The normalized spacial score (nSPS) is 12.9. The van der Waals surface area contributed by atoms with Crippen LogP contribution in [0, 0.1) is 0 Å². The number of nitrogens with zero attached hydrogens (tertiary/aromatic N) is 2. The molecule has 0 amide bonds. The molecule has 0 aliphatic heterocycles. The van der Waals surface area contributed by atoms with Crippen molar-refractivity contribution >= 4 is 27.3 Å². The van der Waals surface area contributed by atoms with Gasteiger partial charge in [-0.3, -0.25) is 4.68 Å². The van der Waals surface area contributed by atoms with E-state index in [9.17, 15) is 5.11 Å². The minimum absolute atomic E-state index is 0.452. The summed E-state index contributed by atoms with van der Waals surface area (Å²) in [5, 5.41) is 14.5. The van der Waals surface area contributed by atoms with E-state index in [2.05, 4.69) is 34.0 Å². The molecule has 2 heterocycles. The topological polar surface area (TPSA) is 38.0 Å². The summed E-state index contributed by atoms with van der Waals surface area (Å²) in [6.45, 7) is 2.08. The molecular weight excluding hydrogens is 300 g/mol. The summed E-state index contributed by atoms with van der Waals surface area (Å²) in [7, 11) is 1.92. The first-order chi connectivity index (χ1) is 8.10. The molecule has 0 aromatic carbocycles. The minimum atomic E-state index is -0.452. The van der Waals surface area contributed by atoms with Gasteiger partial charge in [0.05, 0.1) is 15.6 Å². The molecule has 0 bridgehead atoms. The average molecular weight is 315 g/mol. The molecule has 1 N–H and O–H groups in total. The maximum atomic E-state index is 10.1. The maximum Gasteiger partial charge on any atom is 0.0937 e. The molecule has 2 aromatic heterocycles. The Morgan fingerprint density at radius 1 is 1.53 bits per heavy atom. The van der Waals surface area contributed by atoms with Crippen molar-refractivity contribution in [3.63, 3.8) is 0 Å². The Morgan fingerprint density at radius 3 is 2.82 bits per heavy atom. The lowest BCUT2D eigenvalue weighted by Gasteiger charge is -2.08. The predicted octanol–water partition coefficient (Wildman–Crippen LogP) is 3.08. The van der Waals surface area contributed by atoms with Gasteiger partial charge in [0.25, 0.3) is 0 Å². The number of aryl methyl sites for hydroxylation is 2. The van der Waals surface area contributed by atoms with Crippen LogP contribution in [0.1, 0.15) is 29.3 Å². The van der Waals surface area contributed by atoms with Gasteiger partial charge < -0.3 is 5.11 Å². The van der Waals surface area contributed by atoms with Crippen LogP contribution in [0.15, 0.2) is 22.0 Å². The first-order valence-electron chi connectivity index (χ1n) is 5.55. The highest BCUT2D eigenvalue weighted by atomic mass is 79.9. The van der Waals surface area contributed by atoms with Gasteiger partial charge in [-0.05, 0) is 40.5 Å². The minimum Gasteiger partial charge on any atom is -0.387 e. The van der Waals surface area contributed by atoms with Gasteiger partial charge in [-0.1, -0.05) is 6.92 Å². The summed E-state index contributed by atoms with van der Waals surface area (Å²) in [5.41, 5.74) is 2.14. The molecule has 3 nitrogen and oxygen atoms in total. The van der Waals surface area contributed by atoms with E-state index >= 15 is 0 Å². The molecule has 0 aliphatic rings. The molecule has 0 saturated heterocycles. The molecule has 0 radical (unpaired) electrons. The molecule has 2 aromatic rings. The third-order valence-electron chi connectivity index (χ3n) is 2.71. The molecule has 1 atom stereocenters. The molecule has 0 saturated carbocycles. The second-order valence-electron chi connectivity index (χ2n) is 3.97. The number of aliphatic hydroxyl groups excluding tert-OH is 1. The smallest absolute Gasteiger partial charge is 0.0937 e. The highest BCUT2D eigenvalue weighted by molar-refractivity contribution is 9.11. The third kappa shape index (κ3) is 2.97. The van der Waals surface area contributed by atoms with Gasteiger partial charge in [-0.25, -0.2) is 0 Å². The number of aliphatic hydroxyl groups is 1. The molecule has 0 fully saturated rings. The van der Waals surface area contributed by atoms with Gasteiger partial charge >= 0.3 is 0 Å². The van der Waals surface area contributed by atoms with Crippen LogP contribution in [0.2, 0.25) is 0 Å². The van der Waals surface area contributed by atoms with Crippen LogP contribution in [0.5, 0.6) is 0 Å². The molecule has 92 valence electrons. The Hall–Kier alpha value is -0.650. The van der Waals surface area contributed by atoms with Crippen molar-refractivity contribution in [1.82, 2.24) is 9.78 Å². The van der Waals surface area contributed by atoms with Crippen LogP contribution >= 0.6 is 27.3 Å². The third-order valence-corrected chi connectivity index (χ3v) is 4.44. The maximum absolute atomic E-state index is 10.1. The fourth-order valence-corrected chi connectivity index (χ4v) is 3.15. The van der Waals surface area contributed by atoms with Gasteiger partial charge in [-0.2, -0.15) is 5.10 Å².